The van der Waals surface area contributed by atoms with Gasteiger partial charge < -0.3 is 0 Å². The number of hydrogen-bond donors (Lipinski definition) is 0. The van der Waals surface area contributed by atoms with Gasteiger partial charge in [-0.25, -0.2) is 0 Å². The van der Waals surface area contributed by atoms with E-state index in [4.69, 9.17) is 34.8 Å². The number of carbonyl (C=O) groups is 2. The minimum atomic E-state index is -1.03. The number of rotatable bonds is 0. The number of halogens is 3. The van der Waals surface area contributed by atoms with Crippen LogP contribution in [0.15, 0.2) is 11.1 Å². The van der Waals surface area contributed by atoms with Gasteiger partial charge in [-0.3, -0.25) is 9.59 Å². The molecule has 0 aromatic carbocycles. The van der Waals surface area contributed by atoms with E-state index in [0.717, 1.165) is 6.08 Å². The average molecular weight is 213 g/mol. The molecule has 0 fully saturated rings. The fraction of sp³-hybridized carbons (Fsp3) is 0.333. The van der Waals surface area contributed by atoms with Gasteiger partial charge in [-0.05, 0) is 0 Å². The van der Waals surface area contributed by atoms with Crippen LogP contribution >= 0.6 is 34.8 Å². The van der Waals surface area contributed by atoms with Crippen LogP contribution in [0.2, 0.25) is 0 Å². The van der Waals surface area contributed by atoms with Crippen LogP contribution in [0.5, 0.6) is 0 Å². The van der Waals surface area contributed by atoms with Crippen LogP contribution in [0.25, 0.3) is 0 Å². The van der Waals surface area contributed by atoms with Crippen LogP contribution in [-0.2, 0) is 9.59 Å². The highest BCUT2D eigenvalue weighted by Crippen LogP contribution is 2.23. The smallest absolute Gasteiger partial charge is 0.194 e. The summed E-state index contributed by atoms with van der Waals surface area (Å²) in [7, 11) is 0. The van der Waals surface area contributed by atoms with Gasteiger partial charge in [0.05, 0.1) is 5.03 Å². The van der Waals surface area contributed by atoms with Crippen molar-refractivity contribution >= 4 is 46.4 Å². The van der Waals surface area contributed by atoms with Gasteiger partial charge in [0.15, 0.2) is 11.6 Å². The number of hydrogen-bond acceptors (Lipinski definition) is 2. The van der Waals surface area contributed by atoms with E-state index in [1.807, 2.05) is 0 Å². The van der Waals surface area contributed by atoms with Gasteiger partial charge in [-0.15, -0.1) is 23.2 Å². The average Bonchev–Trinajstić information content (AvgIpc) is 1.97. The Balaban J connectivity index is 3.01. The van der Waals surface area contributed by atoms with Crippen molar-refractivity contribution in [3.05, 3.63) is 11.1 Å². The first-order valence-corrected chi connectivity index (χ1v) is 4.02. The van der Waals surface area contributed by atoms with Gasteiger partial charge in [0.25, 0.3) is 0 Å². The lowest BCUT2D eigenvalue weighted by atomic mass is 10.0. The third-order valence-electron chi connectivity index (χ3n) is 1.28. The Kier molecular flexibility index (Phi) is 2.58. The molecule has 1 aliphatic carbocycles. The second-order valence-electron chi connectivity index (χ2n) is 2.06. The zero-order chi connectivity index (χ0) is 8.59. The van der Waals surface area contributed by atoms with E-state index in [9.17, 15) is 9.59 Å². The molecule has 2 nitrogen and oxygen atoms in total. The number of ketones is 2. The molecule has 2 atom stereocenters. The predicted octanol–water partition coefficient (Wildman–Crippen LogP) is 1.48. The van der Waals surface area contributed by atoms with E-state index in [1.54, 1.807) is 0 Å². The molecule has 5 heteroatoms. The molecule has 0 spiro atoms. The van der Waals surface area contributed by atoms with Crippen LogP contribution in [0.1, 0.15) is 0 Å². The molecule has 0 heterocycles. The third-order valence-corrected chi connectivity index (χ3v) is 2.63. The Morgan fingerprint density at radius 1 is 1.18 bits per heavy atom. The molecule has 60 valence electrons. The minimum absolute atomic E-state index is 0.146. The zero-order valence-electron chi connectivity index (χ0n) is 5.18. The number of carbonyl (C=O) groups excluding carboxylic acids is 2. The first-order chi connectivity index (χ1) is 5.04. The standard InChI is InChI=1S/C6H3Cl3O2/c7-2-1-3(10)4(8)5(9)6(2)11/h1,4-5H. The van der Waals surface area contributed by atoms with Gasteiger partial charge in [0.2, 0.25) is 0 Å². The van der Waals surface area contributed by atoms with E-state index in [-0.39, 0.29) is 5.03 Å². The maximum atomic E-state index is 10.9. The van der Waals surface area contributed by atoms with Crippen LogP contribution in [0.4, 0.5) is 0 Å². The van der Waals surface area contributed by atoms with Crippen molar-refractivity contribution < 1.29 is 9.59 Å². The normalized spacial score (nSPS) is 32.1. The fourth-order valence-electron chi connectivity index (χ4n) is 0.684. The van der Waals surface area contributed by atoms with Crippen LogP contribution < -0.4 is 0 Å². The van der Waals surface area contributed by atoms with E-state index in [1.165, 1.54) is 0 Å². The molecule has 0 aromatic heterocycles. The molecular formula is C6H3Cl3O2. The Morgan fingerprint density at radius 3 is 2.27 bits per heavy atom. The molecule has 0 radical (unpaired) electrons. The van der Waals surface area contributed by atoms with Gasteiger partial charge in [-0.2, -0.15) is 0 Å². The minimum Gasteiger partial charge on any atom is -0.293 e. The van der Waals surface area contributed by atoms with E-state index < -0.39 is 22.3 Å². The summed E-state index contributed by atoms with van der Waals surface area (Å²) >= 11 is 16.3. The van der Waals surface area contributed by atoms with Crippen molar-refractivity contribution in [2.45, 2.75) is 10.8 Å². The molecule has 2 unspecified atom stereocenters. The second kappa shape index (κ2) is 3.13. The summed E-state index contributed by atoms with van der Waals surface area (Å²) in [6.45, 7) is 0. The molecule has 0 saturated carbocycles. The van der Waals surface area contributed by atoms with Crippen LogP contribution in [0.3, 0.4) is 0 Å². The lowest BCUT2D eigenvalue weighted by Gasteiger charge is -2.16. The summed E-state index contributed by atoms with van der Waals surface area (Å²) in [6, 6.07) is 0. The summed E-state index contributed by atoms with van der Waals surface area (Å²) in [5.41, 5.74) is 0. The quantitative estimate of drug-likeness (QED) is 0.571. The molecule has 0 aromatic rings. The number of Topliss-reactive ketones (excluding diaryl/α,β-unsaturated/α-hetero) is 1. The van der Waals surface area contributed by atoms with Gasteiger partial charge in [0, 0.05) is 6.08 Å². The van der Waals surface area contributed by atoms with Crippen molar-refractivity contribution in [3.8, 4) is 0 Å². The van der Waals surface area contributed by atoms with Crippen LogP contribution in [0, 0.1) is 0 Å². The Morgan fingerprint density at radius 2 is 1.73 bits per heavy atom. The van der Waals surface area contributed by atoms with E-state index in [0.29, 0.717) is 0 Å². The SMILES string of the molecule is O=C1C=C(Cl)C(=O)C(Cl)C1Cl. The topological polar surface area (TPSA) is 34.1 Å². The zero-order valence-corrected chi connectivity index (χ0v) is 7.45. The monoisotopic (exact) mass is 212 g/mol. The highest BCUT2D eigenvalue weighted by Gasteiger charge is 2.35. The highest BCUT2D eigenvalue weighted by molar-refractivity contribution is 6.55. The maximum Gasteiger partial charge on any atom is 0.194 e. The van der Waals surface area contributed by atoms with E-state index in [2.05, 4.69) is 0 Å². The molecule has 0 amide bonds. The van der Waals surface area contributed by atoms with Gasteiger partial charge in [-0.1, -0.05) is 11.6 Å². The summed E-state index contributed by atoms with van der Waals surface area (Å²) < 4.78 is 0. The molecular weight excluding hydrogens is 210 g/mol. The Labute approximate surface area is 78.1 Å². The molecule has 0 aliphatic heterocycles. The summed E-state index contributed by atoms with van der Waals surface area (Å²) in [5, 5.41) is -2.15. The van der Waals surface area contributed by atoms with Gasteiger partial charge in [0.1, 0.15) is 10.8 Å². The third kappa shape index (κ3) is 1.58. The van der Waals surface area contributed by atoms with E-state index >= 15 is 0 Å². The van der Waals surface area contributed by atoms with Crippen molar-refractivity contribution in [1.29, 1.82) is 0 Å². The summed E-state index contributed by atoms with van der Waals surface area (Å²) in [5.74, 6) is -0.913. The number of allylic oxidation sites excluding steroid dienone is 2. The lowest BCUT2D eigenvalue weighted by Crippen LogP contribution is -2.35. The second-order valence-corrected chi connectivity index (χ2v) is 3.41. The molecule has 1 rings (SSSR count). The van der Waals surface area contributed by atoms with Crippen molar-refractivity contribution in [2.75, 3.05) is 0 Å². The Bertz CT molecular complexity index is 246. The van der Waals surface area contributed by atoms with Crippen molar-refractivity contribution in [1.82, 2.24) is 0 Å². The molecule has 11 heavy (non-hydrogen) atoms. The molecule has 0 bridgehead atoms. The predicted molar refractivity (Wildman–Crippen MR) is 43.2 cm³/mol. The van der Waals surface area contributed by atoms with Gasteiger partial charge >= 0.3 is 0 Å². The summed E-state index contributed by atoms with van der Waals surface area (Å²) in [6.07, 6.45) is 1.00. The van der Waals surface area contributed by atoms with Crippen LogP contribution in [-0.4, -0.2) is 22.3 Å². The van der Waals surface area contributed by atoms with Crippen molar-refractivity contribution in [3.63, 3.8) is 0 Å². The first kappa shape index (κ1) is 9.04. The maximum absolute atomic E-state index is 10.9. The summed E-state index contributed by atoms with van der Waals surface area (Å²) in [4.78, 5) is 21.7. The molecule has 1 aliphatic rings. The first-order valence-electron chi connectivity index (χ1n) is 2.77. The Hall–Kier alpha value is -0.0500. The lowest BCUT2D eigenvalue weighted by molar-refractivity contribution is -0.120. The molecule has 0 N–H and O–H groups in total. The highest BCUT2D eigenvalue weighted by atomic mass is 35.5. The van der Waals surface area contributed by atoms with Crippen molar-refractivity contribution in [2.24, 2.45) is 0 Å². The fourth-order valence-corrected chi connectivity index (χ4v) is 1.38. The largest absolute Gasteiger partial charge is 0.293 e. The molecule has 0 saturated heterocycles. The number of alkyl halides is 2.